The van der Waals surface area contributed by atoms with Crippen LogP contribution in [0.4, 0.5) is 11.6 Å². The summed E-state index contributed by atoms with van der Waals surface area (Å²) in [7, 11) is -1.77. The van der Waals surface area contributed by atoms with Gasteiger partial charge in [-0.15, -0.1) is 0 Å². The fourth-order valence-electron chi connectivity index (χ4n) is 6.21. The van der Waals surface area contributed by atoms with Gasteiger partial charge in [-0.25, -0.2) is 28.1 Å². The van der Waals surface area contributed by atoms with Crippen molar-refractivity contribution in [2.75, 3.05) is 50.5 Å². The van der Waals surface area contributed by atoms with Gasteiger partial charge in [0.15, 0.2) is 0 Å². The molecule has 4 heterocycles. The molecule has 1 atom stereocenters. The minimum Gasteiger partial charge on any atom is -0.491 e. The second-order valence-corrected chi connectivity index (χ2v) is 14.2. The van der Waals surface area contributed by atoms with Gasteiger partial charge in [0.05, 0.1) is 6.54 Å². The van der Waals surface area contributed by atoms with Crippen molar-refractivity contribution in [1.82, 2.24) is 24.6 Å². The summed E-state index contributed by atoms with van der Waals surface area (Å²) in [6.07, 6.45) is 7.30. The number of sulfonamides is 1. The fraction of sp³-hybridized carbons (Fsp3) is 0.500. The summed E-state index contributed by atoms with van der Waals surface area (Å²) in [6.45, 7) is 8.72. The van der Waals surface area contributed by atoms with Gasteiger partial charge in [0.1, 0.15) is 35.2 Å². The Balaban J connectivity index is 1.27. The molecule has 3 aliphatic rings. The summed E-state index contributed by atoms with van der Waals surface area (Å²) in [6, 6.07) is 7.56. The molecule has 218 valence electrons. The van der Waals surface area contributed by atoms with Crippen molar-refractivity contribution in [3.8, 4) is 16.9 Å². The van der Waals surface area contributed by atoms with E-state index in [9.17, 15) is 8.42 Å². The highest BCUT2D eigenvalue weighted by atomic mass is 32.2. The summed E-state index contributed by atoms with van der Waals surface area (Å²) in [5.41, 5.74) is 11.2. The number of hydrogen-bond acceptors (Lipinski definition) is 9. The molecule has 3 aromatic rings. The molecule has 2 aromatic heterocycles. The normalized spacial score (nSPS) is 20.7. The molecule has 2 aliphatic heterocycles. The van der Waals surface area contributed by atoms with E-state index in [1.54, 1.807) is 18.6 Å². The van der Waals surface area contributed by atoms with Crippen molar-refractivity contribution in [3.63, 3.8) is 0 Å². The third-order valence-electron chi connectivity index (χ3n) is 8.60. The second kappa shape index (κ2) is 10.8. The molecule has 10 nitrogen and oxygen atoms in total. The monoisotopic (exact) mass is 577 g/mol. The molecule has 1 aliphatic carbocycles. The number of hydrogen-bond donors (Lipinski definition) is 2. The van der Waals surface area contributed by atoms with Crippen LogP contribution in [0.25, 0.3) is 11.1 Å². The molecule has 1 saturated heterocycles. The Labute approximate surface area is 242 Å². The fourth-order valence-corrected chi connectivity index (χ4v) is 7.43. The summed E-state index contributed by atoms with van der Waals surface area (Å²) < 4.78 is 35.4. The first-order valence-electron chi connectivity index (χ1n) is 14.4. The zero-order valence-corrected chi connectivity index (χ0v) is 24.9. The van der Waals surface area contributed by atoms with E-state index in [1.807, 2.05) is 19.2 Å². The Bertz CT molecular complexity index is 1560. The summed E-state index contributed by atoms with van der Waals surface area (Å²) in [5, 5.41) is 0. The summed E-state index contributed by atoms with van der Waals surface area (Å²) in [4.78, 5) is 18.1. The van der Waals surface area contributed by atoms with Crippen LogP contribution in [-0.4, -0.2) is 68.1 Å². The molecule has 1 aromatic carbocycles. The van der Waals surface area contributed by atoms with Gasteiger partial charge >= 0.3 is 0 Å². The number of aromatic nitrogens is 3. The second-order valence-electron chi connectivity index (χ2n) is 12.4. The Hall–Kier alpha value is -3.28. The van der Waals surface area contributed by atoms with Gasteiger partial charge in [0.25, 0.3) is 0 Å². The van der Waals surface area contributed by atoms with E-state index < -0.39 is 10.0 Å². The van der Waals surface area contributed by atoms with E-state index >= 15 is 0 Å². The number of anilines is 2. The van der Waals surface area contributed by atoms with Crippen LogP contribution in [-0.2, 0) is 29.4 Å². The quantitative estimate of drug-likeness (QED) is 0.454. The van der Waals surface area contributed by atoms with Crippen LogP contribution in [0.15, 0.2) is 41.7 Å². The number of rotatable bonds is 6. The molecule has 0 amide bonds. The van der Waals surface area contributed by atoms with Crippen molar-refractivity contribution in [1.29, 1.82) is 0 Å². The predicted molar refractivity (Wildman–Crippen MR) is 159 cm³/mol. The van der Waals surface area contributed by atoms with Gasteiger partial charge in [-0.3, -0.25) is 0 Å². The zero-order chi connectivity index (χ0) is 28.8. The number of nitrogens with zero attached hydrogens (tertiary/aromatic N) is 5. The number of nitrogen functional groups attached to an aromatic ring is 1. The van der Waals surface area contributed by atoms with Crippen LogP contribution in [0.2, 0.25) is 0 Å². The zero-order valence-electron chi connectivity index (χ0n) is 24.1. The third-order valence-corrected chi connectivity index (χ3v) is 10.1. The Morgan fingerprint density at radius 3 is 2.80 bits per heavy atom. The van der Waals surface area contributed by atoms with Crippen LogP contribution < -0.4 is 20.1 Å². The lowest BCUT2D eigenvalue weighted by Gasteiger charge is -2.33. The van der Waals surface area contributed by atoms with E-state index in [2.05, 4.69) is 44.4 Å². The SMILES string of the molecule is CN1CCC(CNS(=O)(=O)c2cc(-c3ccc4c(c3)CN(c3ncnc5c3CC(C)(C)CC5)CCO4)cnc2N)C1. The molecule has 41 heavy (non-hydrogen) atoms. The minimum absolute atomic E-state index is 0.00407. The Morgan fingerprint density at radius 1 is 1.15 bits per heavy atom. The molecule has 0 radical (unpaired) electrons. The Kier molecular flexibility index (Phi) is 7.37. The maximum Gasteiger partial charge on any atom is 0.244 e. The summed E-state index contributed by atoms with van der Waals surface area (Å²) >= 11 is 0. The first-order chi connectivity index (χ1) is 19.6. The standard InChI is InChI=1S/C30H39N7O3S/c1-30(2)8-6-25-24(14-30)29(34-19-33-25)37-10-11-40-26-5-4-21(12-23(26)18-37)22-13-27(28(31)32-16-22)41(38,39)35-15-20-7-9-36(3)17-20/h4-5,12-13,16,19-20,35H,6-11,14-15,17-18H2,1-3H3,(H2,31,32). The van der Waals surface area contributed by atoms with Crippen LogP contribution in [0.1, 0.15) is 43.5 Å². The van der Waals surface area contributed by atoms with E-state index in [-0.39, 0.29) is 22.0 Å². The average Bonchev–Trinajstić information content (AvgIpc) is 3.24. The molecule has 11 heteroatoms. The molecule has 0 saturated carbocycles. The molecular formula is C30H39N7O3S. The van der Waals surface area contributed by atoms with Crippen LogP contribution >= 0.6 is 0 Å². The highest BCUT2D eigenvalue weighted by molar-refractivity contribution is 7.89. The number of aryl methyl sites for hydroxylation is 1. The average molecular weight is 578 g/mol. The number of pyridine rings is 1. The lowest BCUT2D eigenvalue weighted by atomic mass is 9.76. The minimum atomic E-state index is -3.82. The van der Waals surface area contributed by atoms with E-state index in [1.165, 1.54) is 5.56 Å². The lowest BCUT2D eigenvalue weighted by molar-refractivity contribution is 0.310. The number of likely N-dealkylation sites (tertiary alicyclic amines) is 1. The highest BCUT2D eigenvalue weighted by Gasteiger charge is 2.31. The largest absolute Gasteiger partial charge is 0.491 e. The van der Waals surface area contributed by atoms with Gasteiger partial charge in [0, 0.05) is 48.2 Å². The molecule has 6 rings (SSSR count). The van der Waals surface area contributed by atoms with Gasteiger partial charge in [0.2, 0.25) is 10.0 Å². The van der Waals surface area contributed by atoms with Gasteiger partial charge in [-0.05, 0) is 74.4 Å². The number of nitrogens with one attached hydrogen (secondary N) is 1. The maximum atomic E-state index is 13.2. The molecule has 1 unspecified atom stereocenters. The van der Waals surface area contributed by atoms with Crippen molar-refractivity contribution in [2.24, 2.45) is 11.3 Å². The maximum absolute atomic E-state index is 13.2. The molecule has 0 spiro atoms. The first-order valence-corrected chi connectivity index (χ1v) is 15.8. The third kappa shape index (κ3) is 5.89. The smallest absolute Gasteiger partial charge is 0.244 e. The van der Waals surface area contributed by atoms with Crippen LogP contribution in [0.3, 0.4) is 0 Å². The molecular weight excluding hydrogens is 538 g/mol. The van der Waals surface area contributed by atoms with E-state index in [4.69, 9.17) is 15.5 Å². The van der Waals surface area contributed by atoms with Crippen molar-refractivity contribution in [3.05, 3.63) is 53.6 Å². The molecule has 1 fully saturated rings. The number of fused-ring (bicyclic) bond motifs is 2. The Morgan fingerprint density at radius 2 is 2.00 bits per heavy atom. The summed E-state index contributed by atoms with van der Waals surface area (Å²) in [5.74, 6) is 2.07. The van der Waals surface area contributed by atoms with Crippen molar-refractivity contribution in [2.45, 2.75) is 51.0 Å². The van der Waals surface area contributed by atoms with Gasteiger partial charge < -0.3 is 20.3 Å². The van der Waals surface area contributed by atoms with Gasteiger partial charge in [-0.1, -0.05) is 19.9 Å². The topological polar surface area (TPSA) is 127 Å². The first kappa shape index (κ1) is 27.9. The van der Waals surface area contributed by atoms with E-state index in [0.717, 1.165) is 67.2 Å². The number of nitrogens with two attached hydrogens (primary N) is 1. The van der Waals surface area contributed by atoms with E-state index in [0.29, 0.717) is 31.8 Å². The highest BCUT2D eigenvalue weighted by Crippen LogP contribution is 2.39. The van der Waals surface area contributed by atoms with Crippen molar-refractivity contribution >= 4 is 21.7 Å². The predicted octanol–water partition coefficient (Wildman–Crippen LogP) is 3.26. The number of benzene rings is 1. The molecule has 3 N–H and O–H groups in total. The van der Waals surface area contributed by atoms with Crippen molar-refractivity contribution < 1.29 is 13.2 Å². The van der Waals surface area contributed by atoms with Crippen LogP contribution in [0, 0.1) is 11.3 Å². The number of ether oxygens (including phenoxy) is 1. The van der Waals surface area contributed by atoms with Crippen LogP contribution in [0.5, 0.6) is 5.75 Å². The van der Waals surface area contributed by atoms with Gasteiger partial charge in [-0.2, -0.15) is 0 Å². The lowest BCUT2D eigenvalue weighted by Crippen LogP contribution is -2.31. The molecule has 0 bridgehead atoms.